The van der Waals surface area contributed by atoms with Gasteiger partial charge < -0.3 is 15.2 Å². The highest BCUT2D eigenvalue weighted by molar-refractivity contribution is 5.36. The first-order chi connectivity index (χ1) is 6.72. The molecule has 3 nitrogen and oxygen atoms in total. The van der Waals surface area contributed by atoms with Crippen LogP contribution in [0.5, 0.6) is 5.75 Å². The molecule has 0 radical (unpaired) electrons. The second-order valence-corrected chi connectivity index (χ2v) is 2.91. The number of aliphatic hydroxyl groups excluding tert-OH is 1. The van der Waals surface area contributed by atoms with E-state index in [4.69, 9.17) is 9.84 Å². The molecule has 0 bridgehead atoms. The van der Waals surface area contributed by atoms with Gasteiger partial charge in [0.15, 0.2) is 0 Å². The van der Waals surface area contributed by atoms with Crippen molar-refractivity contribution in [2.75, 3.05) is 20.8 Å². The van der Waals surface area contributed by atoms with E-state index >= 15 is 0 Å². The molecule has 1 aromatic carbocycles. The summed E-state index contributed by atoms with van der Waals surface area (Å²) < 4.78 is 17.9. The van der Waals surface area contributed by atoms with Crippen LogP contribution in [0.3, 0.4) is 0 Å². The van der Waals surface area contributed by atoms with Crippen LogP contribution in [-0.2, 0) is 0 Å². The van der Waals surface area contributed by atoms with Crippen LogP contribution in [0.2, 0.25) is 0 Å². The summed E-state index contributed by atoms with van der Waals surface area (Å²) in [6.07, 6.45) is 0. The summed E-state index contributed by atoms with van der Waals surface area (Å²) in [7, 11) is 3.20. The molecule has 1 aromatic rings. The molecule has 4 heteroatoms. The van der Waals surface area contributed by atoms with Gasteiger partial charge in [0.2, 0.25) is 0 Å². The van der Waals surface area contributed by atoms with Crippen LogP contribution in [0.15, 0.2) is 18.2 Å². The van der Waals surface area contributed by atoms with E-state index in [2.05, 4.69) is 5.32 Å². The average molecular weight is 199 g/mol. The van der Waals surface area contributed by atoms with Crippen LogP contribution >= 0.6 is 0 Å². The van der Waals surface area contributed by atoms with Gasteiger partial charge in [-0.05, 0) is 13.1 Å². The largest absolute Gasteiger partial charge is 0.496 e. The fraction of sp³-hybridized carbons (Fsp3) is 0.400. The molecule has 2 N–H and O–H groups in total. The first-order valence-corrected chi connectivity index (χ1v) is 4.34. The van der Waals surface area contributed by atoms with Gasteiger partial charge in [0, 0.05) is 11.6 Å². The molecule has 0 saturated heterocycles. The average Bonchev–Trinajstić information content (AvgIpc) is 2.21. The third-order valence-corrected chi connectivity index (χ3v) is 2.10. The van der Waals surface area contributed by atoms with Crippen molar-refractivity contribution in [1.82, 2.24) is 5.32 Å². The Balaban J connectivity index is 3.06. The summed E-state index contributed by atoms with van der Waals surface area (Å²) in [6, 6.07) is 4.02. The van der Waals surface area contributed by atoms with Crippen LogP contribution < -0.4 is 10.1 Å². The number of hydrogen-bond donors (Lipinski definition) is 2. The van der Waals surface area contributed by atoms with Crippen LogP contribution in [-0.4, -0.2) is 25.9 Å². The molecule has 0 aliphatic rings. The van der Waals surface area contributed by atoms with E-state index in [0.29, 0.717) is 5.75 Å². The van der Waals surface area contributed by atoms with Gasteiger partial charge in [-0.15, -0.1) is 0 Å². The number of likely N-dealkylation sites (N-methyl/N-ethyl adjacent to an activating group) is 1. The summed E-state index contributed by atoms with van der Waals surface area (Å²) >= 11 is 0. The van der Waals surface area contributed by atoms with E-state index in [1.807, 2.05) is 0 Å². The molecule has 0 aromatic heterocycles. The zero-order valence-corrected chi connectivity index (χ0v) is 8.25. The topological polar surface area (TPSA) is 41.5 Å². The van der Waals surface area contributed by atoms with Gasteiger partial charge in [0.1, 0.15) is 11.6 Å². The Morgan fingerprint density at radius 2 is 2.29 bits per heavy atom. The number of hydrogen-bond acceptors (Lipinski definition) is 3. The summed E-state index contributed by atoms with van der Waals surface area (Å²) in [5, 5.41) is 12.0. The van der Waals surface area contributed by atoms with Gasteiger partial charge in [0.25, 0.3) is 0 Å². The second kappa shape index (κ2) is 4.93. The lowest BCUT2D eigenvalue weighted by Crippen LogP contribution is -2.20. The molecule has 1 atom stereocenters. The lowest BCUT2D eigenvalue weighted by atomic mass is 10.1. The van der Waals surface area contributed by atoms with Crippen molar-refractivity contribution in [3.63, 3.8) is 0 Å². The van der Waals surface area contributed by atoms with E-state index in [0.717, 1.165) is 5.56 Å². The SMILES string of the molecule is CN[C@@H](CO)c1ccc(F)cc1OC. The normalized spacial score (nSPS) is 12.6. The Morgan fingerprint density at radius 1 is 1.57 bits per heavy atom. The van der Waals surface area contributed by atoms with Gasteiger partial charge >= 0.3 is 0 Å². The molecule has 0 unspecified atom stereocenters. The summed E-state index contributed by atoms with van der Waals surface area (Å²) in [5.41, 5.74) is 0.749. The van der Waals surface area contributed by atoms with E-state index in [1.165, 1.54) is 19.2 Å². The predicted molar refractivity (Wildman–Crippen MR) is 51.8 cm³/mol. The number of ether oxygens (including phenoxy) is 1. The lowest BCUT2D eigenvalue weighted by molar-refractivity contribution is 0.247. The Labute approximate surface area is 82.5 Å². The molecule has 14 heavy (non-hydrogen) atoms. The number of rotatable bonds is 4. The number of nitrogens with one attached hydrogen (secondary N) is 1. The van der Waals surface area contributed by atoms with Crippen molar-refractivity contribution in [3.05, 3.63) is 29.6 Å². The van der Waals surface area contributed by atoms with Crippen LogP contribution in [0, 0.1) is 5.82 Å². The third kappa shape index (κ3) is 2.21. The van der Waals surface area contributed by atoms with Crippen LogP contribution in [0.1, 0.15) is 11.6 Å². The molecule has 0 amide bonds. The quantitative estimate of drug-likeness (QED) is 0.762. The first-order valence-electron chi connectivity index (χ1n) is 4.34. The standard InChI is InChI=1S/C10H14FNO2/c1-12-9(6-13)8-4-3-7(11)5-10(8)14-2/h3-5,9,12-13H,6H2,1-2H3/t9-/m0/s1. The van der Waals surface area contributed by atoms with Crippen molar-refractivity contribution in [3.8, 4) is 5.75 Å². The Bertz CT molecular complexity index is 300. The van der Waals surface area contributed by atoms with Crippen molar-refractivity contribution in [2.24, 2.45) is 0 Å². The molecule has 78 valence electrons. The molecular weight excluding hydrogens is 185 g/mol. The zero-order chi connectivity index (χ0) is 10.6. The van der Waals surface area contributed by atoms with Crippen molar-refractivity contribution in [2.45, 2.75) is 6.04 Å². The smallest absolute Gasteiger partial charge is 0.126 e. The van der Waals surface area contributed by atoms with Crippen molar-refractivity contribution < 1.29 is 14.2 Å². The molecule has 1 rings (SSSR count). The summed E-state index contributed by atoms with van der Waals surface area (Å²) in [5.74, 6) is 0.0943. The second-order valence-electron chi connectivity index (χ2n) is 2.91. The number of benzene rings is 1. The fourth-order valence-electron chi connectivity index (χ4n) is 1.32. The van der Waals surface area contributed by atoms with E-state index in [-0.39, 0.29) is 18.5 Å². The first kappa shape index (κ1) is 10.9. The highest BCUT2D eigenvalue weighted by atomic mass is 19.1. The summed E-state index contributed by atoms with van der Waals surface area (Å²) in [4.78, 5) is 0. The lowest BCUT2D eigenvalue weighted by Gasteiger charge is -2.16. The molecule has 0 heterocycles. The van der Waals surface area contributed by atoms with E-state index < -0.39 is 0 Å². The van der Waals surface area contributed by atoms with Gasteiger partial charge in [-0.2, -0.15) is 0 Å². The molecule has 0 saturated carbocycles. The van der Waals surface area contributed by atoms with Crippen LogP contribution in [0.25, 0.3) is 0 Å². The van der Waals surface area contributed by atoms with E-state index in [1.54, 1.807) is 13.1 Å². The number of halogens is 1. The van der Waals surface area contributed by atoms with Gasteiger partial charge in [-0.25, -0.2) is 4.39 Å². The van der Waals surface area contributed by atoms with Gasteiger partial charge in [-0.1, -0.05) is 6.07 Å². The minimum atomic E-state index is -0.349. The fourth-order valence-corrected chi connectivity index (χ4v) is 1.32. The molecule has 0 fully saturated rings. The zero-order valence-electron chi connectivity index (χ0n) is 8.25. The Kier molecular flexibility index (Phi) is 3.85. The maximum atomic E-state index is 12.8. The number of aliphatic hydroxyl groups is 1. The number of methoxy groups -OCH3 is 1. The highest BCUT2D eigenvalue weighted by Gasteiger charge is 2.13. The summed E-state index contributed by atoms with van der Waals surface area (Å²) in [6.45, 7) is -0.0571. The molecule has 0 spiro atoms. The van der Waals surface area contributed by atoms with Crippen molar-refractivity contribution in [1.29, 1.82) is 0 Å². The van der Waals surface area contributed by atoms with Gasteiger partial charge in [-0.3, -0.25) is 0 Å². The van der Waals surface area contributed by atoms with Crippen LogP contribution in [0.4, 0.5) is 4.39 Å². The Hall–Kier alpha value is -1.13. The monoisotopic (exact) mass is 199 g/mol. The third-order valence-electron chi connectivity index (χ3n) is 2.10. The predicted octanol–water partition coefficient (Wildman–Crippen LogP) is 1.09. The minimum absolute atomic E-state index is 0.0571. The maximum Gasteiger partial charge on any atom is 0.126 e. The molecular formula is C10H14FNO2. The maximum absolute atomic E-state index is 12.8. The molecule has 0 aliphatic carbocycles. The Morgan fingerprint density at radius 3 is 2.79 bits per heavy atom. The van der Waals surface area contributed by atoms with E-state index in [9.17, 15) is 4.39 Å². The van der Waals surface area contributed by atoms with Crippen molar-refractivity contribution >= 4 is 0 Å². The molecule has 0 aliphatic heterocycles. The van der Waals surface area contributed by atoms with Gasteiger partial charge in [0.05, 0.1) is 19.8 Å². The highest BCUT2D eigenvalue weighted by Crippen LogP contribution is 2.25. The minimum Gasteiger partial charge on any atom is -0.496 e.